The van der Waals surface area contributed by atoms with Gasteiger partial charge in [-0.25, -0.2) is 13.1 Å². The van der Waals surface area contributed by atoms with Crippen molar-refractivity contribution in [3.8, 4) is 0 Å². The van der Waals surface area contributed by atoms with Crippen molar-refractivity contribution < 1.29 is 13.2 Å². The molecule has 158 valence electrons. The van der Waals surface area contributed by atoms with Crippen LogP contribution in [0.25, 0.3) is 6.08 Å². The predicted octanol–water partition coefficient (Wildman–Crippen LogP) is 2.92. The van der Waals surface area contributed by atoms with Crippen molar-refractivity contribution in [2.45, 2.75) is 39.1 Å². The third-order valence-electron chi connectivity index (χ3n) is 4.10. The van der Waals surface area contributed by atoms with Crippen molar-refractivity contribution in [1.82, 2.24) is 19.8 Å². The maximum Gasteiger partial charge on any atom is 0.244 e. The first-order chi connectivity index (χ1) is 13.6. The Labute approximate surface area is 177 Å². The van der Waals surface area contributed by atoms with E-state index in [2.05, 4.69) is 29.0 Å². The third-order valence-corrected chi connectivity index (χ3v) is 5.97. The minimum atomic E-state index is -3.60. The van der Waals surface area contributed by atoms with Crippen LogP contribution in [0.2, 0.25) is 5.15 Å². The lowest BCUT2D eigenvalue weighted by molar-refractivity contribution is -0.116. The van der Waals surface area contributed by atoms with E-state index in [1.165, 1.54) is 6.08 Å². The number of amides is 1. The number of sulfonamides is 1. The van der Waals surface area contributed by atoms with E-state index in [1.54, 1.807) is 35.0 Å². The molecule has 1 heterocycles. The summed E-state index contributed by atoms with van der Waals surface area (Å²) in [6.45, 7) is 8.81. The van der Waals surface area contributed by atoms with Crippen molar-refractivity contribution in [3.05, 3.63) is 52.3 Å². The molecular weight excluding hydrogens is 412 g/mol. The van der Waals surface area contributed by atoms with Crippen molar-refractivity contribution in [2.24, 2.45) is 5.92 Å². The summed E-state index contributed by atoms with van der Waals surface area (Å²) in [7, 11) is -3.60. The fourth-order valence-corrected chi connectivity index (χ4v) is 3.95. The Kier molecular flexibility index (Phi) is 8.01. The number of nitrogens with one attached hydrogen (secondary N) is 2. The first-order valence-electron chi connectivity index (χ1n) is 9.35. The van der Waals surface area contributed by atoms with E-state index in [9.17, 15) is 13.2 Å². The molecule has 0 saturated carbocycles. The lowest BCUT2D eigenvalue weighted by atomic mass is 10.2. The monoisotopic (exact) mass is 438 g/mol. The first kappa shape index (κ1) is 23.1. The van der Waals surface area contributed by atoms with Crippen LogP contribution in [0.3, 0.4) is 0 Å². The van der Waals surface area contributed by atoms with E-state index in [1.807, 2.05) is 13.8 Å². The van der Waals surface area contributed by atoms with E-state index in [0.29, 0.717) is 23.2 Å². The van der Waals surface area contributed by atoms with Gasteiger partial charge in [0.1, 0.15) is 5.15 Å². The second-order valence-electron chi connectivity index (χ2n) is 7.20. The van der Waals surface area contributed by atoms with E-state index in [0.717, 1.165) is 11.3 Å². The van der Waals surface area contributed by atoms with Gasteiger partial charge >= 0.3 is 0 Å². The van der Waals surface area contributed by atoms with Gasteiger partial charge in [0.15, 0.2) is 0 Å². The lowest BCUT2D eigenvalue weighted by Gasteiger charge is -2.07. The molecule has 0 spiro atoms. The molecular formula is C20H27ClN4O3S. The zero-order valence-electron chi connectivity index (χ0n) is 17.1. The van der Waals surface area contributed by atoms with Crippen molar-refractivity contribution in [1.29, 1.82) is 0 Å². The highest BCUT2D eigenvalue weighted by atomic mass is 35.5. The largest absolute Gasteiger partial charge is 0.351 e. The van der Waals surface area contributed by atoms with Gasteiger partial charge in [0.05, 0.1) is 10.6 Å². The number of halogens is 1. The molecule has 0 unspecified atom stereocenters. The minimum Gasteiger partial charge on any atom is -0.351 e. The molecule has 7 nitrogen and oxygen atoms in total. The highest BCUT2D eigenvalue weighted by Gasteiger charge is 2.14. The summed E-state index contributed by atoms with van der Waals surface area (Å²) in [5, 5.41) is 7.52. The summed E-state index contributed by atoms with van der Waals surface area (Å²) < 4.78 is 28.6. The Hall–Kier alpha value is -2.16. The fourth-order valence-electron chi connectivity index (χ4n) is 2.61. The zero-order valence-corrected chi connectivity index (χ0v) is 18.6. The molecule has 0 bridgehead atoms. The van der Waals surface area contributed by atoms with Gasteiger partial charge in [0.25, 0.3) is 0 Å². The van der Waals surface area contributed by atoms with Crippen LogP contribution < -0.4 is 10.0 Å². The summed E-state index contributed by atoms with van der Waals surface area (Å²) >= 11 is 6.34. The number of nitrogens with zero attached hydrogens (tertiary/aromatic N) is 2. The highest BCUT2D eigenvalue weighted by Crippen LogP contribution is 2.22. The maximum absolute atomic E-state index is 12.2. The number of hydrogen-bond donors (Lipinski definition) is 2. The van der Waals surface area contributed by atoms with Gasteiger partial charge in [0.2, 0.25) is 15.9 Å². The average Bonchev–Trinajstić information content (AvgIpc) is 2.90. The smallest absolute Gasteiger partial charge is 0.244 e. The summed E-state index contributed by atoms with van der Waals surface area (Å²) in [5.74, 6) is 0.0576. The van der Waals surface area contributed by atoms with E-state index >= 15 is 0 Å². The number of carbonyl (C=O) groups is 1. The summed E-state index contributed by atoms with van der Waals surface area (Å²) in [6.07, 6.45) is 2.98. The number of carbonyl (C=O) groups excluding carboxylic acids is 1. The van der Waals surface area contributed by atoms with Gasteiger partial charge in [0, 0.05) is 31.3 Å². The quantitative estimate of drug-likeness (QED) is 0.465. The van der Waals surface area contributed by atoms with E-state index < -0.39 is 10.0 Å². The molecule has 0 aliphatic heterocycles. The topological polar surface area (TPSA) is 93.1 Å². The fraction of sp³-hybridized carbons (Fsp3) is 0.400. The van der Waals surface area contributed by atoms with Crippen LogP contribution >= 0.6 is 11.6 Å². The molecule has 1 amide bonds. The lowest BCUT2D eigenvalue weighted by Crippen LogP contribution is -2.34. The summed E-state index contributed by atoms with van der Waals surface area (Å²) in [4.78, 5) is 12.2. The molecule has 0 saturated heterocycles. The normalized spacial score (nSPS) is 12.1. The number of benzene rings is 1. The molecule has 0 aliphatic carbocycles. The van der Waals surface area contributed by atoms with E-state index in [4.69, 9.17) is 11.6 Å². The number of rotatable bonds is 9. The predicted molar refractivity (Wildman–Crippen MR) is 115 cm³/mol. The Morgan fingerprint density at radius 1 is 1.21 bits per heavy atom. The minimum absolute atomic E-state index is 0.0852. The molecule has 0 radical (unpaired) electrons. The molecule has 0 aliphatic rings. The second kappa shape index (κ2) is 10.0. The molecule has 2 rings (SSSR count). The van der Waals surface area contributed by atoms with Gasteiger partial charge in [-0.05, 0) is 38.0 Å². The Morgan fingerprint density at radius 2 is 1.86 bits per heavy atom. The first-order valence-corrected chi connectivity index (χ1v) is 11.2. The SMILES string of the molecule is Cc1ccc(S(=O)(=O)NCCNC(=O)/C=C/c2c(C)nn(CC(C)C)c2Cl)cc1. The average molecular weight is 439 g/mol. The van der Waals surface area contributed by atoms with Crippen LogP contribution in [0.4, 0.5) is 0 Å². The van der Waals surface area contributed by atoms with E-state index in [-0.39, 0.29) is 23.9 Å². The Balaban J connectivity index is 1.86. The third kappa shape index (κ3) is 6.69. The molecule has 2 aromatic rings. The standard InChI is InChI=1S/C20H27ClN4O3S/c1-14(2)13-25-20(21)18(16(4)24-25)9-10-19(26)22-11-12-23-29(27,28)17-7-5-15(3)6-8-17/h5-10,14,23H,11-13H2,1-4H3,(H,22,26)/b10-9+. The maximum atomic E-state index is 12.2. The molecule has 9 heteroatoms. The van der Waals surface area contributed by atoms with Crippen LogP contribution in [0.5, 0.6) is 0 Å². The highest BCUT2D eigenvalue weighted by molar-refractivity contribution is 7.89. The number of hydrogen-bond acceptors (Lipinski definition) is 4. The van der Waals surface area contributed by atoms with Crippen LogP contribution in [0, 0.1) is 19.8 Å². The van der Waals surface area contributed by atoms with Crippen LogP contribution in [0.1, 0.15) is 30.7 Å². The Bertz CT molecular complexity index is 980. The second-order valence-corrected chi connectivity index (χ2v) is 9.33. The van der Waals surface area contributed by atoms with Gasteiger partial charge < -0.3 is 5.32 Å². The molecule has 1 aromatic heterocycles. The van der Waals surface area contributed by atoms with Crippen LogP contribution in [-0.4, -0.2) is 37.2 Å². The van der Waals surface area contributed by atoms with Crippen LogP contribution in [-0.2, 0) is 21.4 Å². The number of aromatic nitrogens is 2. The van der Waals surface area contributed by atoms with Crippen molar-refractivity contribution >= 4 is 33.6 Å². The molecule has 0 atom stereocenters. The zero-order chi connectivity index (χ0) is 21.6. The van der Waals surface area contributed by atoms with Crippen molar-refractivity contribution in [3.63, 3.8) is 0 Å². The van der Waals surface area contributed by atoms with Gasteiger partial charge in [-0.15, -0.1) is 0 Å². The summed E-state index contributed by atoms with van der Waals surface area (Å²) in [5.41, 5.74) is 2.42. The van der Waals surface area contributed by atoms with Crippen LogP contribution in [0.15, 0.2) is 35.2 Å². The van der Waals surface area contributed by atoms with Gasteiger partial charge in [-0.3, -0.25) is 9.48 Å². The van der Waals surface area contributed by atoms with Gasteiger partial charge in [-0.2, -0.15) is 5.10 Å². The van der Waals surface area contributed by atoms with Gasteiger partial charge in [-0.1, -0.05) is 43.1 Å². The molecule has 2 N–H and O–H groups in total. The molecule has 29 heavy (non-hydrogen) atoms. The summed E-state index contributed by atoms with van der Waals surface area (Å²) in [6, 6.07) is 6.56. The Morgan fingerprint density at radius 3 is 2.48 bits per heavy atom. The molecule has 0 fully saturated rings. The number of aryl methyl sites for hydroxylation is 2. The molecule has 1 aromatic carbocycles. The van der Waals surface area contributed by atoms with Crippen molar-refractivity contribution in [2.75, 3.05) is 13.1 Å².